The second kappa shape index (κ2) is 7.03. The summed E-state index contributed by atoms with van der Waals surface area (Å²) >= 11 is 2.17. The Hall–Kier alpha value is -0.330. The Balaban J connectivity index is 0.00000169. The molecule has 0 atom stereocenters. The van der Waals surface area contributed by atoms with E-state index in [0.29, 0.717) is 18.7 Å². The van der Waals surface area contributed by atoms with Crippen molar-refractivity contribution in [2.75, 3.05) is 13.1 Å². The quantitative estimate of drug-likeness (QED) is 0.825. The van der Waals surface area contributed by atoms with Gasteiger partial charge in [0.15, 0.2) is 0 Å². The van der Waals surface area contributed by atoms with Gasteiger partial charge in [0.05, 0.1) is 0 Å². The molecule has 1 aromatic rings. The Bertz CT molecular complexity index is 307. The molecule has 0 unspecified atom stereocenters. The van der Waals surface area contributed by atoms with Crippen LogP contribution in [0.15, 0.2) is 24.3 Å². The normalized spacial score (nSPS) is 9.00. The number of nitrogens with two attached hydrogens (primary N) is 1. The molecule has 1 aromatic carbocycles. The van der Waals surface area contributed by atoms with Gasteiger partial charge in [-0.3, -0.25) is 4.79 Å². The molecule has 1 rings (SSSR count). The van der Waals surface area contributed by atoms with E-state index in [4.69, 9.17) is 5.73 Å². The lowest BCUT2D eigenvalue weighted by Crippen LogP contribution is -2.28. The predicted octanol–water partition coefficient (Wildman–Crippen LogP) is 1.40. The summed E-state index contributed by atoms with van der Waals surface area (Å²) in [6.07, 6.45) is 0. The molecule has 5 heteroatoms. The van der Waals surface area contributed by atoms with Crippen LogP contribution in [0.1, 0.15) is 10.4 Å². The van der Waals surface area contributed by atoms with E-state index >= 15 is 0 Å². The summed E-state index contributed by atoms with van der Waals surface area (Å²) in [6.45, 7) is 0.986. The van der Waals surface area contributed by atoms with Crippen molar-refractivity contribution in [2.45, 2.75) is 0 Å². The molecule has 0 aliphatic carbocycles. The van der Waals surface area contributed by atoms with Crippen molar-refractivity contribution in [3.8, 4) is 0 Å². The lowest BCUT2D eigenvalue weighted by atomic mass is 10.2. The molecule has 3 N–H and O–H groups in total. The first kappa shape index (κ1) is 13.7. The molecular weight excluding hydrogens is 314 g/mol. The molecule has 0 heterocycles. The summed E-state index contributed by atoms with van der Waals surface area (Å²) in [5.41, 5.74) is 5.95. The van der Waals surface area contributed by atoms with E-state index in [2.05, 4.69) is 27.9 Å². The van der Waals surface area contributed by atoms with Gasteiger partial charge in [0.25, 0.3) is 5.91 Å². The smallest absolute Gasteiger partial charge is 0.251 e. The van der Waals surface area contributed by atoms with Gasteiger partial charge in [0.1, 0.15) is 0 Å². The lowest BCUT2D eigenvalue weighted by Gasteiger charge is -2.02. The van der Waals surface area contributed by atoms with E-state index < -0.39 is 0 Å². The molecule has 0 spiro atoms. The second-order valence-corrected chi connectivity index (χ2v) is 3.80. The Morgan fingerprint density at radius 3 is 2.79 bits per heavy atom. The zero-order valence-corrected chi connectivity index (χ0v) is 10.5. The Morgan fingerprint density at radius 2 is 2.21 bits per heavy atom. The van der Waals surface area contributed by atoms with E-state index in [-0.39, 0.29) is 18.3 Å². The van der Waals surface area contributed by atoms with Crippen molar-refractivity contribution in [1.82, 2.24) is 5.32 Å². The fourth-order valence-corrected chi connectivity index (χ4v) is 1.46. The number of carbonyl (C=O) groups is 1. The number of halogens is 2. The van der Waals surface area contributed by atoms with Crippen molar-refractivity contribution < 1.29 is 4.79 Å². The minimum Gasteiger partial charge on any atom is -0.351 e. The summed E-state index contributed by atoms with van der Waals surface area (Å²) in [5.74, 6) is -0.0658. The lowest BCUT2D eigenvalue weighted by molar-refractivity contribution is 0.0954. The summed E-state index contributed by atoms with van der Waals surface area (Å²) in [5, 5.41) is 2.71. The van der Waals surface area contributed by atoms with E-state index in [0.717, 1.165) is 3.57 Å². The number of carbonyl (C=O) groups excluding carboxylic acids is 1. The molecule has 0 fully saturated rings. The van der Waals surface area contributed by atoms with Gasteiger partial charge in [0, 0.05) is 22.2 Å². The predicted molar refractivity (Wildman–Crippen MR) is 67.8 cm³/mol. The van der Waals surface area contributed by atoms with Crippen molar-refractivity contribution >= 4 is 40.9 Å². The molecule has 3 nitrogen and oxygen atoms in total. The van der Waals surface area contributed by atoms with Crippen molar-refractivity contribution in [1.29, 1.82) is 0 Å². The average Bonchev–Trinajstić information content (AvgIpc) is 2.14. The van der Waals surface area contributed by atoms with Crippen LogP contribution in [0.3, 0.4) is 0 Å². The molecule has 0 aliphatic heterocycles. The van der Waals surface area contributed by atoms with Crippen LogP contribution in [0.4, 0.5) is 0 Å². The molecule has 0 saturated heterocycles. The van der Waals surface area contributed by atoms with Crippen LogP contribution < -0.4 is 11.1 Å². The summed E-state index contributed by atoms with van der Waals surface area (Å²) in [6, 6.07) is 7.43. The Labute approximate surface area is 103 Å². The number of hydrogen-bond donors (Lipinski definition) is 2. The van der Waals surface area contributed by atoms with Crippen LogP contribution in [0.25, 0.3) is 0 Å². The maximum atomic E-state index is 11.4. The van der Waals surface area contributed by atoms with Crippen LogP contribution in [-0.2, 0) is 0 Å². The van der Waals surface area contributed by atoms with Crippen molar-refractivity contribution in [3.63, 3.8) is 0 Å². The van der Waals surface area contributed by atoms with Crippen molar-refractivity contribution in [3.05, 3.63) is 33.4 Å². The highest BCUT2D eigenvalue weighted by molar-refractivity contribution is 14.1. The SMILES string of the molecule is Cl.NCCNC(=O)c1cccc(I)c1. The van der Waals surface area contributed by atoms with Crippen LogP contribution in [0.5, 0.6) is 0 Å². The van der Waals surface area contributed by atoms with Gasteiger partial charge in [-0.15, -0.1) is 12.4 Å². The number of benzene rings is 1. The van der Waals surface area contributed by atoms with Crippen LogP contribution >= 0.6 is 35.0 Å². The highest BCUT2D eigenvalue weighted by Gasteiger charge is 2.03. The number of rotatable bonds is 3. The van der Waals surface area contributed by atoms with E-state index in [1.807, 2.05) is 18.2 Å². The molecule has 78 valence electrons. The Morgan fingerprint density at radius 1 is 1.50 bits per heavy atom. The van der Waals surface area contributed by atoms with Crippen LogP contribution in [-0.4, -0.2) is 19.0 Å². The van der Waals surface area contributed by atoms with Gasteiger partial charge in [-0.25, -0.2) is 0 Å². The van der Waals surface area contributed by atoms with Crippen molar-refractivity contribution in [2.24, 2.45) is 5.73 Å². The molecule has 1 amide bonds. The highest BCUT2D eigenvalue weighted by Crippen LogP contribution is 2.07. The molecule has 0 saturated carbocycles. The van der Waals surface area contributed by atoms with E-state index in [9.17, 15) is 4.79 Å². The minimum absolute atomic E-state index is 0. The van der Waals surface area contributed by atoms with Gasteiger partial charge in [-0.2, -0.15) is 0 Å². The third kappa shape index (κ3) is 4.26. The van der Waals surface area contributed by atoms with Gasteiger partial charge in [0.2, 0.25) is 0 Å². The minimum atomic E-state index is -0.0658. The fraction of sp³-hybridized carbons (Fsp3) is 0.222. The van der Waals surface area contributed by atoms with E-state index in [1.54, 1.807) is 6.07 Å². The zero-order chi connectivity index (χ0) is 9.68. The molecule has 14 heavy (non-hydrogen) atoms. The maximum absolute atomic E-state index is 11.4. The first-order chi connectivity index (χ1) is 6.24. The van der Waals surface area contributed by atoms with Gasteiger partial charge in [-0.1, -0.05) is 6.07 Å². The highest BCUT2D eigenvalue weighted by atomic mass is 127. The Kier molecular flexibility index (Phi) is 6.86. The average molecular weight is 327 g/mol. The topological polar surface area (TPSA) is 55.1 Å². The molecule has 0 radical (unpaired) electrons. The van der Waals surface area contributed by atoms with Crippen LogP contribution in [0, 0.1) is 3.57 Å². The summed E-state index contributed by atoms with van der Waals surface area (Å²) in [4.78, 5) is 11.4. The largest absolute Gasteiger partial charge is 0.351 e. The third-order valence-corrected chi connectivity index (χ3v) is 2.19. The number of nitrogens with one attached hydrogen (secondary N) is 1. The number of amides is 1. The maximum Gasteiger partial charge on any atom is 0.251 e. The van der Waals surface area contributed by atoms with E-state index in [1.165, 1.54) is 0 Å². The molecular formula is C9H12ClIN2O. The van der Waals surface area contributed by atoms with Gasteiger partial charge < -0.3 is 11.1 Å². The zero-order valence-electron chi connectivity index (χ0n) is 7.50. The molecule has 0 aliphatic rings. The summed E-state index contributed by atoms with van der Waals surface area (Å²) < 4.78 is 1.05. The first-order valence-corrected chi connectivity index (χ1v) is 5.06. The summed E-state index contributed by atoms with van der Waals surface area (Å²) in [7, 11) is 0. The van der Waals surface area contributed by atoms with Crippen LogP contribution in [0.2, 0.25) is 0 Å². The number of hydrogen-bond acceptors (Lipinski definition) is 2. The molecule has 0 aromatic heterocycles. The monoisotopic (exact) mass is 326 g/mol. The third-order valence-electron chi connectivity index (χ3n) is 1.52. The fourth-order valence-electron chi connectivity index (χ4n) is 0.917. The van der Waals surface area contributed by atoms with Gasteiger partial charge in [-0.05, 0) is 40.8 Å². The second-order valence-electron chi connectivity index (χ2n) is 2.55. The molecule has 0 bridgehead atoms. The standard InChI is InChI=1S/C9H11IN2O.ClH/c10-8-3-1-2-7(6-8)9(13)12-5-4-11;/h1-3,6H,4-5,11H2,(H,12,13);1H. The van der Waals surface area contributed by atoms with Gasteiger partial charge >= 0.3 is 0 Å². The first-order valence-electron chi connectivity index (χ1n) is 3.98.